The van der Waals surface area contributed by atoms with Gasteiger partial charge in [0.25, 0.3) is 5.91 Å². The van der Waals surface area contributed by atoms with Gasteiger partial charge in [-0.15, -0.1) is 0 Å². The number of allylic oxidation sites excluding steroid dienone is 1. The van der Waals surface area contributed by atoms with Crippen molar-refractivity contribution in [2.75, 3.05) is 33.5 Å². The predicted molar refractivity (Wildman–Crippen MR) is 153 cm³/mol. The minimum atomic E-state index is -5.35. The number of amides is 2. The van der Waals surface area contributed by atoms with Crippen LogP contribution in [0.25, 0.3) is 11.3 Å². The Morgan fingerprint density at radius 1 is 1.24 bits per heavy atom. The molecular weight excluding hydrogens is 617 g/mol. The SMILES string of the molecule is COC1=CC(C(=O)NCC(C=O)(c2cc3c(c(-c4ccc(F)cc4)n2)OCC3(CF)C(N)=O)C(F)(F)F)=CC2CN(C3CC3)N=C12. The summed E-state index contributed by atoms with van der Waals surface area (Å²) in [6.07, 6.45) is -0.857. The molecule has 1 fully saturated rings. The number of pyridine rings is 1. The third kappa shape index (κ3) is 4.97. The van der Waals surface area contributed by atoms with E-state index in [0.717, 1.165) is 31.0 Å². The fourth-order valence-corrected chi connectivity index (χ4v) is 5.84. The number of primary amides is 1. The first-order valence-corrected chi connectivity index (χ1v) is 14.3. The number of rotatable bonds is 10. The predicted octanol–water partition coefficient (Wildman–Crippen LogP) is 3.01. The maximum absolute atomic E-state index is 15.0. The lowest BCUT2D eigenvalue weighted by molar-refractivity contribution is -0.187. The largest absolute Gasteiger partial charge is 0.495 e. The van der Waals surface area contributed by atoms with Crippen molar-refractivity contribution >= 4 is 23.8 Å². The molecule has 3 unspecified atom stereocenters. The van der Waals surface area contributed by atoms with E-state index in [-0.39, 0.29) is 45.9 Å². The average molecular weight is 646 g/mol. The van der Waals surface area contributed by atoms with Gasteiger partial charge in [0.2, 0.25) is 5.91 Å². The molecule has 0 spiro atoms. The van der Waals surface area contributed by atoms with E-state index in [0.29, 0.717) is 12.3 Å². The van der Waals surface area contributed by atoms with Gasteiger partial charge in [-0.1, -0.05) is 6.08 Å². The lowest BCUT2D eigenvalue weighted by atomic mass is 9.78. The number of hydrogen-bond acceptors (Lipinski definition) is 8. The van der Waals surface area contributed by atoms with Gasteiger partial charge >= 0.3 is 6.18 Å². The van der Waals surface area contributed by atoms with Gasteiger partial charge in [0.1, 0.15) is 53.7 Å². The second-order valence-corrected chi connectivity index (χ2v) is 11.7. The Kier molecular flexibility index (Phi) is 7.60. The van der Waals surface area contributed by atoms with Gasteiger partial charge in [-0.2, -0.15) is 18.3 Å². The number of alkyl halides is 4. The van der Waals surface area contributed by atoms with Gasteiger partial charge in [0, 0.05) is 41.7 Å². The fourth-order valence-electron chi connectivity index (χ4n) is 5.84. The van der Waals surface area contributed by atoms with Gasteiger partial charge in [-0.3, -0.25) is 14.6 Å². The molecule has 242 valence electrons. The summed E-state index contributed by atoms with van der Waals surface area (Å²) in [5.74, 6) is -3.08. The number of hydrogen-bond donors (Lipinski definition) is 2. The van der Waals surface area contributed by atoms with Crippen LogP contribution in [0.2, 0.25) is 0 Å². The Balaban J connectivity index is 1.40. The van der Waals surface area contributed by atoms with Crippen LogP contribution in [0, 0.1) is 11.7 Å². The van der Waals surface area contributed by atoms with E-state index in [2.05, 4.69) is 15.4 Å². The van der Waals surface area contributed by atoms with Gasteiger partial charge in [0.05, 0.1) is 12.8 Å². The summed E-state index contributed by atoms with van der Waals surface area (Å²) in [4.78, 5) is 42.5. The quantitative estimate of drug-likeness (QED) is 0.300. The van der Waals surface area contributed by atoms with Crippen molar-refractivity contribution in [1.29, 1.82) is 0 Å². The summed E-state index contributed by atoms with van der Waals surface area (Å²) in [6.45, 7) is -2.90. The number of benzene rings is 1. The zero-order chi connectivity index (χ0) is 33.0. The Morgan fingerprint density at radius 2 is 1.96 bits per heavy atom. The van der Waals surface area contributed by atoms with Crippen LogP contribution in [0.4, 0.5) is 22.0 Å². The van der Waals surface area contributed by atoms with Crippen LogP contribution in [-0.2, 0) is 30.0 Å². The van der Waals surface area contributed by atoms with E-state index in [1.54, 1.807) is 6.08 Å². The highest BCUT2D eigenvalue weighted by Crippen LogP contribution is 2.48. The third-order valence-electron chi connectivity index (χ3n) is 8.80. The standard InChI is InChI=1S/C31H28F5N5O5/c1-45-22-9-17(8-18-11-41(20-6-7-20)40-24(18)22)27(43)38-13-30(14-42,31(34,35)36)23-10-21-26(46-15-29(21,12-32)28(37)44)25(39-23)16-2-4-19(33)5-3-16/h2-5,8-10,14,18,20H,6-7,11-13,15H2,1H3,(H2,37,44)(H,38,43). The van der Waals surface area contributed by atoms with Crippen molar-refractivity contribution in [3.63, 3.8) is 0 Å². The van der Waals surface area contributed by atoms with Crippen molar-refractivity contribution in [3.05, 3.63) is 70.9 Å². The molecule has 0 bridgehead atoms. The van der Waals surface area contributed by atoms with E-state index >= 15 is 13.2 Å². The van der Waals surface area contributed by atoms with Crippen LogP contribution in [0.15, 0.2) is 58.9 Å². The number of nitrogens with one attached hydrogen (secondary N) is 1. The molecule has 4 aliphatic rings. The average Bonchev–Trinajstić information content (AvgIpc) is 3.67. The minimum Gasteiger partial charge on any atom is -0.495 e. The first-order valence-electron chi connectivity index (χ1n) is 14.3. The zero-order valence-electron chi connectivity index (χ0n) is 24.4. The molecule has 3 atom stereocenters. The summed E-state index contributed by atoms with van der Waals surface area (Å²) in [6, 6.07) is 5.47. The molecule has 6 rings (SSSR count). The Bertz CT molecular complexity index is 1700. The van der Waals surface area contributed by atoms with Crippen LogP contribution < -0.4 is 15.8 Å². The summed E-state index contributed by atoms with van der Waals surface area (Å²) < 4.78 is 84.2. The molecule has 10 nitrogen and oxygen atoms in total. The number of halogens is 5. The molecule has 2 aliphatic carbocycles. The first kappa shape index (κ1) is 31.2. The van der Waals surface area contributed by atoms with Crippen LogP contribution in [-0.4, -0.2) is 79.5 Å². The molecule has 2 aromatic rings. The molecule has 1 aromatic carbocycles. The van der Waals surface area contributed by atoms with Crippen LogP contribution in [0.5, 0.6) is 5.75 Å². The van der Waals surface area contributed by atoms with Gasteiger partial charge in [0.15, 0.2) is 5.41 Å². The van der Waals surface area contributed by atoms with Gasteiger partial charge < -0.3 is 25.3 Å². The number of nitrogens with two attached hydrogens (primary N) is 1. The van der Waals surface area contributed by atoms with E-state index in [9.17, 15) is 23.2 Å². The van der Waals surface area contributed by atoms with Crippen molar-refractivity contribution in [2.45, 2.75) is 35.9 Å². The fraction of sp³-hybridized carbons (Fsp3) is 0.387. The molecule has 0 radical (unpaired) electrons. The monoisotopic (exact) mass is 645 g/mol. The molecule has 0 saturated heterocycles. The third-order valence-corrected chi connectivity index (χ3v) is 8.80. The van der Waals surface area contributed by atoms with Crippen molar-refractivity contribution in [3.8, 4) is 17.0 Å². The number of fused-ring (bicyclic) bond motifs is 2. The first-order chi connectivity index (χ1) is 21.9. The maximum atomic E-state index is 15.0. The minimum absolute atomic E-state index is 0.00732. The van der Waals surface area contributed by atoms with Crippen LogP contribution >= 0.6 is 0 Å². The number of methoxy groups -OCH3 is 1. The molecule has 3 heterocycles. The van der Waals surface area contributed by atoms with Gasteiger partial charge in [-0.05, 0) is 49.2 Å². The molecule has 2 aliphatic heterocycles. The second-order valence-electron chi connectivity index (χ2n) is 11.7. The smallest absolute Gasteiger partial charge is 0.408 e. The Hall–Kier alpha value is -4.82. The number of hydrazone groups is 1. The highest BCUT2D eigenvalue weighted by Gasteiger charge is 2.59. The Labute approximate surface area is 259 Å². The van der Waals surface area contributed by atoms with Crippen LogP contribution in [0.3, 0.4) is 0 Å². The molecule has 2 amide bonds. The van der Waals surface area contributed by atoms with E-state index in [1.165, 1.54) is 25.3 Å². The highest BCUT2D eigenvalue weighted by molar-refractivity contribution is 6.08. The summed E-state index contributed by atoms with van der Waals surface area (Å²) in [5.41, 5.74) is -1.10. The highest BCUT2D eigenvalue weighted by atomic mass is 19.4. The van der Waals surface area contributed by atoms with E-state index < -0.39 is 66.4 Å². The lowest BCUT2D eigenvalue weighted by Gasteiger charge is -2.32. The Morgan fingerprint density at radius 3 is 2.54 bits per heavy atom. The lowest BCUT2D eigenvalue weighted by Crippen LogP contribution is -2.53. The topological polar surface area (TPSA) is 136 Å². The number of nitrogens with zero attached hydrogens (tertiary/aromatic N) is 3. The number of ether oxygens (including phenoxy) is 2. The molecule has 1 aromatic heterocycles. The normalized spacial score (nSPS) is 23.2. The zero-order valence-corrected chi connectivity index (χ0v) is 24.4. The number of carbonyl (C=O) groups is 3. The number of carbonyl (C=O) groups excluding carboxylic acids is 3. The number of aromatic nitrogens is 1. The molecule has 1 saturated carbocycles. The van der Waals surface area contributed by atoms with Crippen LogP contribution in [0.1, 0.15) is 24.1 Å². The van der Waals surface area contributed by atoms with Crippen molar-refractivity contribution in [1.82, 2.24) is 15.3 Å². The molecular formula is C31H28F5N5O5. The van der Waals surface area contributed by atoms with Gasteiger partial charge in [-0.25, -0.2) is 13.8 Å². The second kappa shape index (κ2) is 11.2. The molecule has 3 N–H and O–H groups in total. The maximum Gasteiger partial charge on any atom is 0.408 e. The van der Waals surface area contributed by atoms with E-state index in [4.69, 9.17) is 15.2 Å². The number of aldehydes is 1. The van der Waals surface area contributed by atoms with Crippen molar-refractivity contribution < 1.29 is 45.8 Å². The van der Waals surface area contributed by atoms with Crippen molar-refractivity contribution in [2.24, 2.45) is 16.8 Å². The summed E-state index contributed by atoms with van der Waals surface area (Å²) in [7, 11) is 1.39. The molecule has 46 heavy (non-hydrogen) atoms. The summed E-state index contributed by atoms with van der Waals surface area (Å²) >= 11 is 0. The summed E-state index contributed by atoms with van der Waals surface area (Å²) in [5, 5.41) is 8.69. The molecule has 15 heteroatoms. The van der Waals surface area contributed by atoms with E-state index in [1.807, 2.05) is 5.01 Å².